The van der Waals surface area contributed by atoms with E-state index in [1.807, 2.05) is 6.07 Å². The molecule has 0 amide bonds. The third kappa shape index (κ3) is 8.28. The van der Waals surface area contributed by atoms with Crippen molar-refractivity contribution in [1.29, 1.82) is 0 Å². The highest BCUT2D eigenvalue weighted by atomic mass is 19.1. The molecule has 0 aromatic heterocycles. The largest absolute Gasteiger partial charge is 0.381 e. The molecule has 0 atom stereocenters. The van der Waals surface area contributed by atoms with Gasteiger partial charge in [-0.25, -0.2) is 4.39 Å². The predicted octanol–water partition coefficient (Wildman–Crippen LogP) is 2.87. The minimum Gasteiger partial charge on any atom is -0.381 e. The van der Waals surface area contributed by atoms with Crippen LogP contribution in [-0.4, -0.2) is 65.7 Å². The number of aliphatic imine (C=N–C) groups is 1. The summed E-state index contributed by atoms with van der Waals surface area (Å²) in [6.45, 7) is 7.44. The SMILES string of the molecule is CCCCOCCOCCNC(=NC)NCC1(c2cccc(F)c2)CCOCC1. The first-order chi connectivity index (χ1) is 14.2. The Morgan fingerprint density at radius 3 is 2.59 bits per heavy atom. The average Bonchev–Trinajstić information content (AvgIpc) is 2.75. The highest BCUT2D eigenvalue weighted by Crippen LogP contribution is 2.34. The van der Waals surface area contributed by atoms with E-state index in [1.54, 1.807) is 19.2 Å². The number of hydrogen-bond donors (Lipinski definition) is 2. The zero-order chi connectivity index (χ0) is 20.8. The maximum absolute atomic E-state index is 13.8. The van der Waals surface area contributed by atoms with Crippen LogP contribution in [0.25, 0.3) is 0 Å². The molecule has 0 aliphatic carbocycles. The predicted molar refractivity (Wildman–Crippen MR) is 114 cm³/mol. The number of nitrogens with one attached hydrogen (secondary N) is 2. The molecule has 164 valence electrons. The molecule has 1 saturated heterocycles. The number of hydrogen-bond acceptors (Lipinski definition) is 4. The van der Waals surface area contributed by atoms with Gasteiger partial charge in [0.2, 0.25) is 0 Å². The van der Waals surface area contributed by atoms with Crippen LogP contribution in [0.3, 0.4) is 0 Å². The van der Waals surface area contributed by atoms with Gasteiger partial charge in [-0.3, -0.25) is 4.99 Å². The molecule has 0 unspecified atom stereocenters. The van der Waals surface area contributed by atoms with Crippen molar-refractivity contribution in [2.75, 3.05) is 59.8 Å². The molecular weight excluding hydrogens is 373 g/mol. The van der Waals surface area contributed by atoms with Gasteiger partial charge in [0.1, 0.15) is 5.82 Å². The maximum atomic E-state index is 13.8. The van der Waals surface area contributed by atoms with E-state index in [1.165, 1.54) is 6.07 Å². The van der Waals surface area contributed by atoms with Crippen LogP contribution < -0.4 is 10.6 Å². The van der Waals surface area contributed by atoms with Gasteiger partial charge < -0.3 is 24.8 Å². The highest BCUT2D eigenvalue weighted by Gasteiger charge is 2.34. The molecular formula is C22H36FN3O3. The topological polar surface area (TPSA) is 64.1 Å². The average molecular weight is 410 g/mol. The van der Waals surface area contributed by atoms with Crippen molar-refractivity contribution in [2.24, 2.45) is 4.99 Å². The number of guanidine groups is 1. The summed E-state index contributed by atoms with van der Waals surface area (Å²) < 4.78 is 30.4. The second-order valence-corrected chi connectivity index (χ2v) is 7.33. The van der Waals surface area contributed by atoms with Crippen molar-refractivity contribution in [3.05, 3.63) is 35.6 Å². The molecule has 1 fully saturated rings. The van der Waals surface area contributed by atoms with E-state index in [4.69, 9.17) is 14.2 Å². The van der Waals surface area contributed by atoms with Crippen LogP contribution in [0.5, 0.6) is 0 Å². The fourth-order valence-corrected chi connectivity index (χ4v) is 3.43. The summed E-state index contributed by atoms with van der Waals surface area (Å²) in [7, 11) is 1.75. The summed E-state index contributed by atoms with van der Waals surface area (Å²) in [6, 6.07) is 6.90. The van der Waals surface area contributed by atoms with Crippen molar-refractivity contribution >= 4 is 5.96 Å². The van der Waals surface area contributed by atoms with E-state index in [-0.39, 0.29) is 11.2 Å². The van der Waals surface area contributed by atoms with Gasteiger partial charge in [0.05, 0.1) is 19.8 Å². The number of unbranched alkanes of at least 4 members (excludes halogenated alkanes) is 1. The van der Waals surface area contributed by atoms with Gasteiger partial charge >= 0.3 is 0 Å². The van der Waals surface area contributed by atoms with E-state index in [0.29, 0.717) is 46.1 Å². The van der Waals surface area contributed by atoms with E-state index in [0.717, 1.165) is 43.8 Å². The molecule has 2 N–H and O–H groups in total. The molecule has 0 bridgehead atoms. The lowest BCUT2D eigenvalue weighted by atomic mass is 9.74. The summed E-state index contributed by atoms with van der Waals surface area (Å²) in [5.41, 5.74) is 0.847. The van der Waals surface area contributed by atoms with Crippen molar-refractivity contribution in [1.82, 2.24) is 10.6 Å². The molecule has 1 aromatic rings. The Balaban J connectivity index is 1.75. The van der Waals surface area contributed by atoms with E-state index >= 15 is 0 Å². The second kappa shape index (κ2) is 13.5. The van der Waals surface area contributed by atoms with Gasteiger partial charge in [-0.1, -0.05) is 25.5 Å². The van der Waals surface area contributed by atoms with Crippen molar-refractivity contribution in [2.45, 2.75) is 38.0 Å². The van der Waals surface area contributed by atoms with Gasteiger partial charge in [0, 0.05) is 45.4 Å². The van der Waals surface area contributed by atoms with Crippen LogP contribution in [0.2, 0.25) is 0 Å². The lowest BCUT2D eigenvalue weighted by Gasteiger charge is -2.38. The summed E-state index contributed by atoms with van der Waals surface area (Å²) in [5.74, 6) is 0.516. The smallest absolute Gasteiger partial charge is 0.191 e. The molecule has 1 heterocycles. The molecule has 7 heteroatoms. The Kier molecular flexibility index (Phi) is 11.0. The first-order valence-corrected chi connectivity index (χ1v) is 10.6. The standard InChI is InChI=1S/C22H36FN3O3/c1-3-4-11-27-15-16-29-14-10-25-21(24-2)26-18-22(8-12-28-13-9-22)19-6-5-7-20(23)17-19/h5-7,17H,3-4,8-16,18H2,1-2H3,(H2,24,25,26). The van der Waals surface area contributed by atoms with Crippen molar-refractivity contribution in [3.63, 3.8) is 0 Å². The third-order valence-electron chi connectivity index (χ3n) is 5.26. The van der Waals surface area contributed by atoms with Gasteiger partial charge in [-0.2, -0.15) is 0 Å². The molecule has 2 rings (SSSR count). The Bertz CT molecular complexity index is 607. The summed E-state index contributed by atoms with van der Waals surface area (Å²) in [5, 5.41) is 6.67. The van der Waals surface area contributed by atoms with Crippen LogP contribution in [0.4, 0.5) is 4.39 Å². The lowest BCUT2D eigenvalue weighted by molar-refractivity contribution is 0.0484. The summed E-state index contributed by atoms with van der Waals surface area (Å²) in [4.78, 5) is 4.29. The van der Waals surface area contributed by atoms with E-state index in [2.05, 4.69) is 22.5 Å². The van der Waals surface area contributed by atoms with Gasteiger partial charge in [0.15, 0.2) is 5.96 Å². The van der Waals surface area contributed by atoms with E-state index in [9.17, 15) is 4.39 Å². The first kappa shape index (κ1) is 23.6. The van der Waals surface area contributed by atoms with Gasteiger partial charge in [-0.05, 0) is 37.0 Å². The molecule has 6 nitrogen and oxygen atoms in total. The van der Waals surface area contributed by atoms with Crippen molar-refractivity contribution < 1.29 is 18.6 Å². The Morgan fingerprint density at radius 2 is 1.90 bits per heavy atom. The minimum atomic E-state index is -0.202. The highest BCUT2D eigenvalue weighted by molar-refractivity contribution is 5.79. The molecule has 0 spiro atoms. The molecule has 1 aromatic carbocycles. The van der Waals surface area contributed by atoms with Crippen LogP contribution in [0.1, 0.15) is 38.2 Å². The Hall–Kier alpha value is -1.70. The Labute approximate surface area is 174 Å². The fourth-order valence-electron chi connectivity index (χ4n) is 3.43. The summed E-state index contributed by atoms with van der Waals surface area (Å²) in [6.07, 6.45) is 3.93. The van der Waals surface area contributed by atoms with Crippen LogP contribution in [0, 0.1) is 5.82 Å². The van der Waals surface area contributed by atoms with Crippen LogP contribution in [0.15, 0.2) is 29.3 Å². The zero-order valence-electron chi connectivity index (χ0n) is 17.8. The molecule has 1 aliphatic rings. The van der Waals surface area contributed by atoms with Crippen LogP contribution in [-0.2, 0) is 19.6 Å². The monoisotopic (exact) mass is 409 g/mol. The minimum absolute atomic E-state index is 0.162. The zero-order valence-corrected chi connectivity index (χ0v) is 17.8. The molecule has 29 heavy (non-hydrogen) atoms. The maximum Gasteiger partial charge on any atom is 0.191 e. The first-order valence-electron chi connectivity index (χ1n) is 10.6. The lowest BCUT2D eigenvalue weighted by Crippen LogP contribution is -2.48. The molecule has 0 saturated carbocycles. The third-order valence-corrected chi connectivity index (χ3v) is 5.26. The number of benzene rings is 1. The van der Waals surface area contributed by atoms with Gasteiger partial charge in [-0.15, -0.1) is 0 Å². The van der Waals surface area contributed by atoms with Crippen molar-refractivity contribution in [3.8, 4) is 0 Å². The normalized spacial score (nSPS) is 16.6. The molecule has 1 aliphatic heterocycles. The summed E-state index contributed by atoms with van der Waals surface area (Å²) >= 11 is 0. The number of halogens is 1. The fraction of sp³-hybridized carbons (Fsp3) is 0.682. The van der Waals surface area contributed by atoms with E-state index < -0.39 is 0 Å². The Morgan fingerprint density at radius 1 is 1.14 bits per heavy atom. The number of ether oxygens (including phenoxy) is 3. The number of rotatable bonds is 12. The quantitative estimate of drug-likeness (QED) is 0.316. The molecule has 0 radical (unpaired) electrons. The van der Waals surface area contributed by atoms with Gasteiger partial charge in [0.25, 0.3) is 0 Å². The number of nitrogens with zero attached hydrogens (tertiary/aromatic N) is 1. The second-order valence-electron chi connectivity index (χ2n) is 7.33. The van der Waals surface area contributed by atoms with Crippen LogP contribution >= 0.6 is 0 Å².